The lowest BCUT2D eigenvalue weighted by molar-refractivity contribution is -0.00154. The van der Waals surface area contributed by atoms with Crippen LogP contribution in [0.4, 0.5) is 0 Å². The summed E-state index contributed by atoms with van der Waals surface area (Å²) >= 11 is 0. The minimum absolute atomic E-state index is 0.00900. The second-order valence-electron chi connectivity index (χ2n) is 43.5. The Kier molecular flexibility index (Phi) is 28.6. The van der Waals surface area contributed by atoms with E-state index in [2.05, 4.69) is 230 Å². The molecule has 0 fully saturated rings. The van der Waals surface area contributed by atoms with Gasteiger partial charge in [-0.05, 0) is 306 Å². The molecule has 16 rings (SSSR count). The fourth-order valence-electron chi connectivity index (χ4n) is 26.5. The molecule has 0 amide bonds. The normalized spacial score (nSPS) is 23.2. The SMILES string of the molecule is CCC1(C)CC2(c3cc(CO)c(CO)cc31)c1cc(OC)c(OC)cc1C(C)(CC)C2C.COCCOc1cc2c(cc1OCCOC)C1(CC(C)(C)c3cc(CCOCO)c(CCOCO)cc31)CC2(C)C.COc1cc2c(c(OC)c1OC)C1(CC(C)(C)c3cc(CO)c(CO)c(OC)c31)CC2(C)C.Cc1cc2c(cc1C)C1(CC2(C)C)CC(C)(C)c2cc(C)c(C)cc21. The van der Waals surface area contributed by atoms with Gasteiger partial charge in [-0.2, -0.15) is 0 Å². The van der Waals surface area contributed by atoms with Crippen LogP contribution in [0, 0.1) is 33.6 Å². The molecule has 8 aromatic carbocycles. The predicted octanol–water partition coefficient (Wildman–Crippen LogP) is 20.7. The van der Waals surface area contributed by atoms with Crippen LogP contribution in [0.25, 0.3) is 0 Å². The number of benzene rings is 8. The maximum absolute atomic E-state index is 10.3. The zero-order chi connectivity index (χ0) is 95.9. The van der Waals surface area contributed by atoms with Crippen molar-refractivity contribution >= 4 is 0 Å². The minimum atomic E-state index is -0.411. The third-order valence-electron chi connectivity index (χ3n) is 33.0. The Morgan fingerprint density at radius 1 is 0.298 bits per heavy atom. The van der Waals surface area contributed by atoms with Gasteiger partial charge in [0.15, 0.2) is 34.5 Å². The number of hydrogen-bond donors (Lipinski definition) is 6. The zero-order valence-electron chi connectivity index (χ0n) is 84.5. The Balaban J connectivity index is 0.000000151. The molecule has 8 aliphatic carbocycles. The van der Waals surface area contributed by atoms with E-state index in [0.717, 1.165) is 95.8 Å². The highest BCUT2D eigenvalue weighted by molar-refractivity contribution is 5.75. The molecule has 0 saturated carbocycles. The number of aliphatic hydroxyl groups excluding tert-OH is 6. The van der Waals surface area contributed by atoms with E-state index < -0.39 is 5.41 Å². The van der Waals surface area contributed by atoms with E-state index >= 15 is 0 Å². The van der Waals surface area contributed by atoms with Gasteiger partial charge in [0.2, 0.25) is 5.75 Å². The van der Waals surface area contributed by atoms with Crippen molar-refractivity contribution in [1.29, 1.82) is 0 Å². The fourth-order valence-corrected chi connectivity index (χ4v) is 26.5. The van der Waals surface area contributed by atoms with Gasteiger partial charge in [0.25, 0.3) is 0 Å². The first kappa shape index (κ1) is 100. The molecule has 6 atom stereocenters. The van der Waals surface area contributed by atoms with Gasteiger partial charge >= 0.3 is 0 Å². The maximum atomic E-state index is 10.3. The number of ether oxygens (including phenoxy) is 12. The van der Waals surface area contributed by atoms with Gasteiger partial charge in [0.1, 0.15) is 32.5 Å². The highest BCUT2D eigenvalue weighted by atomic mass is 16.6. The van der Waals surface area contributed by atoms with Gasteiger partial charge in [-0.25, -0.2) is 0 Å². The molecule has 714 valence electrons. The van der Waals surface area contributed by atoms with Crippen LogP contribution in [0.2, 0.25) is 0 Å². The van der Waals surface area contributed by atoms with E-state index in [1.807, 2.05) is 0 Å². The summed E-state index contributed by atoms with van der Waals surface area (Å²) in [6, 6.07) is 32.0. The molecule has 8 aromatic rings. The topological polar surface area (TPSA) is 232 Å². The second-order valence-corrected chi connectivity index (χ2v) is 43.5. The van der Waals surface area contributed by atoms with E-state index in [1.54, 1.807) is 79.1 Å². The Morgan fingerprint density at radius 3 is 1.05 bits per heavy atom. The van der Waals surface area contributed by atoms with E-state index in [-0.39, 0.29) is 99.6 Å². The van der Waals surface area contributed by atoms with Crippen LogP contribution in [0.1, 0.15) is 320 Å². The largest absolute Gasteiger partial charge is 0.496 e. The number of aliphatic hydroxyl groups is 6. The van der Waals surface area contributed by atoms with Crippen molar-refractivity contribution in [3.05, 3.63) is 230 Å². The molecule has 18 heteroatoms. The third-order valence-corrected chi connectivity index (χ3v) is 33.0. The van der Waals surface area contributed by atoms with Crippen LogP contribution in [0.3, 0.4) is 0 Å². The van der Waals surface area contributed by atoms with Crippen molar-refractivity contribution in [3.63, 3.8) is 0 Å². The summed E-state index contributed by atoms with van der Waals surface area (Å²) in [6.45, 7) is 50.5. The standard InChI is InChI=1S/C33H48O8.C28H38O4.C27H36O6.C25H32/c1-31(2)19-33(27-16-24(8-10-39-22-35)23(15-25(27)31)7-9-38-21-34)20-32(3,4)26-17-29(40-13-11-36-5)30(18-28(26)33)41-14-12-37-6;1-8-26(4)16-28(22-11-19(15-30)18(14-29)10-20(22)26)17(3)27(5,9-2)21-12-24(31-6)25(32-7)13-23(21)28;1-25(2)13-27(20-17(25)9-15(11-28)16(12-29)22(20)31-6)14-26(3,4)18-10-19(30-5)23(32-7)24(33-8)21(18)27;1-15-9-19-21(11-17(15)3)25(13-23(19,5)6)14-24(7,8)20-10-16(2)18(4)12-22(20)25/h15-18,34-35H,7-14,19-22H2,1-6H3;10-13,17,29-30H,8-9,14-16H2,1-7H3;9-10,28-29H,11-14H2,1-8H3;9-12H,13-14H2,1-8H3. The van der Waals surface area contributed by atoms with E-state index in [1.165, 1.54) is 96.3 Å². The number of rotatable bonds is 28. The number of hydrogen-bond acceptors (Lipinski definition) is 18. The lowest BCUT2D eigenvalue weighted by Crippen LogP contribution is -2.38. The molecule has 0 saturated heterocycles. The minimum Gasteiger partial charge on any atom is -0.496 e. The van der Waals surface area contributed by atoms with E-state index in [0.29, 0.717) is 92.5 Å². The van der Waals surface area contributed by atoms with Crippen LogP contribution >= 0.6 is 0 Å². The van der Waals surface area contributed by atoms with Crippen molar-refractivity contribution in [2.24, 2.45) is 5.92 Å². The highest BCUT2D eigenvalue weighted by Gasteiger charge is 2.65. The molecule has 18 nitrogen and oxygen atoms in total. The molecule has 0 bridgehead atoms. The molecular formula is C113H154O18. The third kappa shape index (κ3) is 16.7. The second kappa shape index (κ2) is 37.4. The lowest BCUT2D eigenvalue weighted by atomic mass is 9.63. The molecule has 0 aliphatic heterocycles. The Bertz CT molecular complexity index is 5290. The highest BCUT2D eigenvalue weighted by Crippen LogP contribution is 2.72. The average molecular weight is 1800 g/mol. The van der Waals surface area contributed by atoms with E-state index in [9.17, 15) is 30.6 Å². The quantitative estimate of drug-likeness (QED) is 0.0198. The van der Waals surface area contributed by atoms with Crippen molar-refractivity contribution in [2.45, 2.75) is 307 Å². The maximum Gasteiger partial charge on any atom is 0.203 e. The van der Waals surface area contributed by atoms with Crippen LogP contribution in [0.15, 0.2) is 84.9 Å². The first-order valence-corrected chi connectivity index (χ1v) is 47.5. The van der Waals surface area contributed by atoms with Gasteiger partial charge < -0.3 is 87.5 Å². The lowest BCUT2D eigenvalue weighted by Gasteiger charge is -2.39. The monoisotopic (exact) mass is 1800 g/mol. The van der Waals surface area contributed by atoms with Crippen molar-refractivity contribution in [2.75, 3.05) is 110 Å². The van der Waals surface area contributed by atoms with Crippen LogP contribution in [0.5, 0.6) is 46.0 Å². The number of fused-ring (bicyclic) bond motifs is 16. The van der Waals surface area contributed by atoms with Gasteiger partial charge in [0, 0.05) is 52.6 Å². The summed E-state index contributed by atoms with van der Waals surface area (Å²) in [6.07, 6.45) is 10.5. The van der Waals surface area contributed by atoms with E-state index in [4.69, 9.17) is 56.8 Å². The van der Waals surface area contributed by atoms with Gasteiger partial charge in [0.05, 0.1) is 95.5 Å². The number of aryl methyl sites for hydroxylation is 4. The zero-order valence-corrected chi connectivity index (χ0v) is 84.5. The Morgan fingerprint density at radius 2 is 0.634 bits per heavy atom. The van der Waals surface area contributed by atoms with Gasteiger partial charge in [-0.1, -0.05) is 172 Å². The summed E-state index contributed by atoms with van der Waals surface area (Å²) in [4.78, 5) is 0. The predicted molar refractivity (Wildman–Crippen MR) is 520 cm³/mol. The first-order valence-electron chi connectivity index (χ1n) is 47.5. The summed E-state index contributed by atoms with van der Waals surface area (Å²) in [5, 5.41) is 58.8. The van der Waals surface area contributed by atoms with Crippen LogP contribution < -0.4 is 37.9 Å². The van der Waals surface area contributed by atoms with Crippen molar-refractivity contribution in [1.82, 2.24) is 0 Å². The Hall–Kier alpha value is -8.24. The summed E-state index contributed by atoms with van der Waals surface area (Å²) in [5.74, 6) is 5.92. The van der Waals surface area contributed by atoms with Crippen LogP contribution in [-0.4, -0.2) is 141 Å². The smallest absolute Gasteiger partial charge is 0.203 e. The van der Waals surface area contributed by atoms with Crippen LogP contribution in [-0.2, 0) is 123 Å². The molecule has 6 N–H and O–H groups in total. The molecule has 0 aromatic heterocycles. The van der Waals surface area contributed by atoms with Gasteiger partial charge in [-0.3, -0.25) is 0 Å². The molecule has 131 heavy (non-hydrogen) atoms. The first-order chi connectivity index (χ1) is 61.9. The molecular weight excluding hydrogens is 1650 g/mol. The number of methoxy groups -OCH3 is 8. The molecule has 8 aliphatic rings. The van der Waals surface area contributed by atoms with Gasteiger partial charge in [-0.15, -0.1) is 0 Å². The summed E-state index contributed by atoms with van der Waals surface area (Å²) in [7, 11) is 13.3. The van der Waals surface area contributed by atoms with Crippen molar-refractivity contribution in [3.8, 4) is 46.0 Å². The fraction of sp³-hybridized carbons (Fsp3) is 0.575. The molecule has 4 spiro atoms. The molecule has 0 heterocycles. The Labute approximate surface area is 782 Å². The van der Waals surface area contributed by atoms with Crippen molar-refractivity contribution < 1.29 is 87.5 Å². The summed E-state index contributed by atoms with van der Waals surface area (Å²) < 4.78 is 68.5. The molecule has 0 radical (unpaired) electrons. The average Bonchev–Trinajstić information content (AvgIpc) is 1.51. The summed E-state index contributed by atoms with van der Waals surface area (Å²) in [5.41, 5.74) is 32.0. The molecule has 6 unspecified atom stereocenters.